The largest absolute Gasteiger partial charge is 0.298 e. The van der Waals surface area contributed by atoms with Crippen molar-refractivity contribution in [2.45, 2.75) is 13.0 Å². The lowest BCUT2D eigenvalue weighted by molar-refractivity contribution is 0.279. The number of sulfonamides is 1. The van der Waals surface area contributed by atoms with Gasteiger partial charge >= 0.3 is 0 Å². The number of halogens is 2. The zero-order valence-electron chi connectivity index (χ0n) is 11.3. The molecule has 4 nitrogen and oxygen atoms in total. The van der Waals surface area contributed by atoms with E-state index in [2.05, 4.69) is 4.90 Å². The Morgan fingerprint density at radius 2 is 1.90 bits per heavy atom. The highest BCUT2D eigenvalue weighted by atomic mass is 35.5. The molecule has 0 spiro atoms. The van der Waals surface area contributed by atoms with Crippen LogP contribution in [0.4, 0.5) is 0 Å². The van der Waals surface area contributed by atoms with E-state index in [-0.39, 0.29) is 0 Å². The quantitative estimate of drug-likeness (QED) is 0.851. The van der Waals surface area contributed by atoms with Gasteiger partial charge in [0.05, 0.1) is 6.26 Å². The van der Waals surface area contributed by atoms with Gasteiger partial charge in [0, 0.05) is 36.2 Å². The van der Waals surface area contributed by atoms with Crippen LogP contribution in [0.2, 0.25) is 10.0 Å². The minimum Gasteiger partial charge on any atom is -0.298 e. The molecule has 2 rings (SSSR count). The summed E-state index contributed by atoms with van der Waals surface area (Å²) in [5.74, 6) is 0. The molecule has 0 aliphatic carbocycles. The Morgan fingerprint density at radius 1 is 1.15 bits per heavy atom. The van der Waals surface area contributed by atoms with E-state index in [1.54, 1.807) is 6.07 Å². The molecule has 1 heterocycles. The Labute approximate surface area is 130 Å². The van der Waals surface area contributed by atoms with Gasteiger partial charge in [0.15, 0.2) is 0 Å². The molecule has 1 aliphatic heterocycles. The normalized spacial score (nSPS) is 18.9. The van der Waals surface area contributed by atoms with Crippen LogP contribution in [0, 0.1) is 0 Å². The van der Waals surface area contributed by atoms with Gasteiger partial charge in [0.25, 0.3) is 0 Å². The first-order chi connectivity index (χ1) is 9.36. The summed E-state index contributed by atoms with van der Waals surface area (Å²) in [5.41, 5.74) is 1.02. The van der Waals surface area contributed by atoms with Gasteiger partial charge in [0.1, 0.15) is 0 Å². The van der Waals surface area contributed by atoms with E-state index >= 15 is 0 Å². The Bertz CT molecular complexity index is 578. The number of nitrogens with zero attached hydrogens (tertiary/aromatic N) is 2. The summed E-state index contributed by atoms with van der Waals surface area (Å²) in [6, 6.07) is 5.48. The van der Waals surface area contributed by atoms with E-state index in [0.717, 1.165) is 18.5 Å². The van der Waals surface area contributed by atoms with Crippen molar-refractivity contribution in [1.82, 2.24) is 9.21 Å². The van der Waals surface area contributed by atoms with Crippen molar-refractivity contribution in [1.29, 1.82) is 0 Å². The highest BCUT2D eigenvalue weighted by Gasteiger charge is 2.21. The van der Waals surface area contributed by atoms with Crippen molar-refractivity contribution >= 4 is 33.2 Å². The summed E-state index contributed by atoms with van der Waals surface area (Å²) in [6.07, 6.45) is 2.09. The molecule has 0 N–H and O–H groups in total. The van der Waals surface area contributed by atoms with Crippen molar-refractivity contribution in [3.63, 3.8) is 0 Å². The molecule has 1 aromatic rings. The molecular formula is C13H18Cl2N2O2S. The first kappa shape index (κ1) is 16.0. The smallest absolute Gasteiger partial charge is 0.211 e. The molecule has 1 aliphatic rings. The van der Waals surface area contributed by atoms with E-state index in [4.69, 9.17) is 23.2 Å². The summed E-state index contributed by atoms with van der Waals surface area (Å²) in [5, 5.41) is 1.28. The Kier molecular flexibility index (Phi) is 5.31. The molecule has 0 radical (unpaired) electrons. The fourth-order valence-electron chi connectivity index (χ4n) is 2.33. The topological polar surface area (TPSA) is 40.6 Å². The SMILES string of the molecule is CS(=O)(=O)N1CCCN(Cc2ccc(Cl)cc2Cl)CC1. The lowest BCUT2D eigenvalue weighted by Gasteiger charge is -2.21. The second kappa shape index (κ2) is 6.62. The molecule has 20 heavy (non-hydrogen) atoms. The summed E-state index contributed by atoms with van der Waals surface area (Å²) < 4.78 is 24.7. The zero-order valence-corrected chi connectivity index (χ0v) is 13.7. The third-order valence-electron chi connectivity index (χ3n) is 3.43. The van der Waals surface area contributed by atoms with Crippen molar-refractivity contribution in [2.75, 3.05) is 32.4 Å². The number of hydrogen-bond acceptors (Lipinski definition) is 3. The molecule has 0 unspecified atom stereocenters. The van der Waals surface area contributed by atoms with Gasteiger partial charge in [-0.1, -0.05) is 29.3 Å². The van der Waals surface area contributed by atoms with E-state index in [9.17, 15) is 8.42 Å². The molecule has 1 fully saturated rings. The van der Waals surface area contributed by atoms with Crippen LogP contribution < -0.4 is 0 Å². The summed E-state index contributed by atoms with van der Waals surface area (Å²) in [6.45, 7) is 3.42. The fourth-order valence-corrected chi connectivity index (χ4v) is 3.67. The van der Waals surface area contributed by atoms with Crippen LogP contribution in [0.5, 0.6) is 0 Å². The third kappa shape index (κ3) is 4.33. The molecule has 7 heteroatoms. The number of hydrogen-bond donors (Lipinski definition) is 0. The first-order valence-corrected chi connectivity index (χ1v) is 9.08. The molecular weight excluding hydrogens is 319 g/mol. The standard InChI is InChI=1S/C13H18Cl2N2O2S/c1-20(18,19)17-6-2-5-16(7-8-17)10-11-3-4-12(14)9-13(11)15/h3-4,9H,2,5-8,10H2,1H3. The summed E-state index contributed by atoms with van der Waals surface area (Å²) in [7, 11) is -3.10. The van der Waals surface area contributed by atoms with Crippen molar-refractivity contribution in [2.24, 2.45) is 0 Å². The maximum Gasteiger partial charge on any atom is 0.211 e. The Morgan fingerprint density at radius 3 is 2.55 bits per heavy atom. The van der Waals surface area contributed by atoms with E-state index in [1.165, 1.54) is 10.6 Å². The highest BCUT2D eigenvalue weighted by molar-refractivity contribution is 7.88. The number of benzene rings is 1. The Balaban J connectivity index is 2.01. The zero-order chi connectivity index (χ0) is 14.8. The lowest BCUT2D eigenvalue weighted by Crippen LogP contribution is -2.34. The van der Waals surface area contributed by atoms with Gasteiger partial charge in [-0.25, -0.2) is 12.7 Å². The van der Waals surface area contributed by atoms with Gasteiger partial charge < -0.3 is 0 Å². The maximum absolute atomic E-state index is 11.6. The van der Waals surface area contributed by atoms with Crippen LogP contribution in [0.1, 0.15) is 12.0 Å². The van der Waals surface area contributed by atoms with E-state index in [0.29, 0.717) is 36.2 Å². The Hall–Kier alpha value is -0.330. The average Bonchev–Trinajstić information content (AvgIpc) is 2.58. The summed E-state index contributed by atoms with van der Waals surface area (Å²) in [4.78, 5) is 2.22. The van der Waals surface area contributed by atoms with Crippen LogP contribution in [-0.4, -0.2) is 50.1 Å². The molecule has 0 amide bonds. The summed E-state index contributed by atoms with van der Waals surface area (Å²) >= 11 is 12.1. The minimum absolute atomic E-state index is 0.532. The monoisotopic (exact) mass is 336 g/mol. The first-order valence-electron chi connectivity index (χ1n) is 6.47. The van der Waals surface area contributed by atoms with Crippen molar-refractivity contribution in [3.8, 4) is 0 Å². The predicted molar refractivity (Wildman–Crippen MR) is 82.8 cm³/mol. The van der Waals surface area contributed by atoms with Crippen molar-refractivity contribution in [3.05, 3.63) is 33.8 Å². The third-order valence-corrected chi connectivity index (χ3v) is 5.32. The van der Waals surface area contributed by atoms with Crippen LogP contribution in [0.25, 0.3) is 0 Å². The van der Waals surface area contributed by atoms with Crippen LogP contribution in [0.15, 0.2) is 18.2 Å². The molecule has 0 bridgehead atoms. The van der Waals surface area contributed by atoms with Gasteiger partial charge in [-0.2, -0.15) is 0 Å². The van der Waals surface area contributed by atoms with Crippen molar-refractivity contribution < 1.29 is 8.42 Å². The molecule has 0 atom stereocenters. The van der Waals surface area contributed by atoms with Gasteiger partial charge in [-0.15, -0.1) is 0 Å². The van der Waals surface area contributed by atoms with Gasteiger partial charge in [-0.05, 0) is 30.7 Å². The molecule has 112 valence electrons. The molecule has 1 saturated heterocycles. The van der Waals surface area contributed by atoms with Gasteiger partial charge in [0.2, 0.25) is 10.0 Å². The molecule has 1 aromatic carbocycles. The second-order valence-corrected chi connectivity index (χ2v) is 7.85. The van der Waals surface area contributed by atoms with Crippen LogP contribution in [-0.2, 0) is 16.6 Å². The van der Waals surface area contributed by atoms with E-state index in [1.807, 2.05) is 12.1 Å². The minimum atomic E-state index is -3.10. The second-order valence-electron chi connectivity index (χ2n) is 5.03. The lowest BCUT2D eigenvalue weighted by atomic mass is 10.2. The van der Waals surface area contributed by atoms with Gasteiger partial charge in [-0.3, -0.25) is 4.90 Å². The molecule has 0 saturated carbocycles. The van der Waals surface area contributed by atoms with Crippen LogP contribution in [0.3, 0.4) is 0 Å². The fraction of sp³-hybridized carbons (Fsp3) is 0.538. The molecule has 0 aromatic heterocycles. The predicted octanol–water partition coefficient (Wildman–Crippen LogP) is 2.46. The maximum atomic E-state index is 11.6. The average molecular weight is 337 g/mol. The van der Waals surface area contributed by atoms with E-state index < -0.39 is 10.0 Å². The number of rotatable bonds is 3. The highest BCUT2D eigenvalue weighted by Crippen LogP contribution is 2.22. The van der Waals surface area contributed by atoms with Crippen LogP contribution >= 0.6 is 23.2 Å².